The Labute approximate surface area is 878 Å². The number of carboxylic acids is 1. The topological polar surface area (TPSA) is 233 Å². The smallest absolute Gasteiger partial charge is 1.00 e. The number of aliphatic carboxylic acids is 1. The number of fused-ring (bicyclic) bond motifs is 6. The Bertz CT molecular complexity index is 6530. The molecular weight excluding hydrogens is 1920 g/mol. The van der Waals surface area contributed by atoms with E-state index in [-0.39, 0.29) is 89.4 Å². The van der Waals surface area contributed by atoms with Crippen LogP contribution in [0.4, 0.5) is 17.6 Å². The molecule has 0 spiro atoms. The van der Waals surface area contributed by atoms with Crippen LogP contribution in [-0.2, 0) is 43.9 Å². The molecule has 0 amide bonds. The van der Waals surface area contributed by atoms with Crippen LogP contribution in [0.15, 0.2) is 311 Å². The Hall–Kier alpha value is -11.0. The van der Waals surface area contributed by atoms with Crippen LogP contribution in [0.1, 0.15) is 222 Å². The molecule has 2 N–H and O–H groups in total. The van der Waals surface area contributed by atoms with E-state index < -0.39 is 71.2 Å². The molecule has 3 atom stereocenters. The predicted molar refractivity (Wildman–Crippen MR) is 555 cm³/mol. The van der Waals surface area contributed by atoms with Gasteiger partial charge in [0.2, 0.25) is 0 Å². The summed E-state index contributed by atoms with van der Waals surface area (Å²) in [6.07, 6.45) is 30.3. The van der Waals surface area contributed by atoms with E-state index in [1.165, 1.54) is 20.3 Å². The fourth-order valence-electron chi connectivity index (χ4n) is 20.7. The second-order valence-electron chi connectivity index (χ2n) is 36.6. The van der Waals surface area contributed by atoms with Crippen LogP contribution in [0.5, 0.6) is 0 Å². The third-order valence-corrected chi connectivity index (χ3v) is 31.1. The van der Waals surface area contributed by atoms with Crippen LogP contribution >= 0.6 is 54.0 Å². The van der Waals surface area contributed by atoms with Gasteiger partial charge in [-0.1, -0.05) is 315 Å². The van der Waals surface area contributed by atoms with Crippen LogP contribution in [0, 0.1) is 0 Å². The number of hydrogen-bond acceptors (Lipinski definition) is 13. The number of rotatable bonds is 25. The number of imidazole rings is 4. The summed E-state index contributed by atoms with van der Waals surface area (Å²) in [6, 6.07) is 84.4. The van der Waals surface area contributed by atoms with Crippen LogP contribution in [-0.4, -0.2) is 136 Å². The van der Waals surface area contributed by atoms with E-state index in [4.69, 9.17) is 66.3 Å². The number of aliphatic hydroxyl groups is 1. The first kappa shape index (κ1) is 109. The first-order chi connectivity index (χ1) is 68.2. The van der Waals surface area contributed by atoms with Gasteiger partial charge in [-0.25, -0.2) is 37.5 Å². The maximum Gasteiger partial charge on any atom is 1.00 e. The summed E-state index contributed by atoms with van der Waals surface area (Å²) in [5.41, 5.74) is 8.23. The Kier molecular flexibility index (Phi) is 37.6. The van der Waals surface area contributed by atoms with E-state index in [9.17, 15) is 37.6 Å². The van der Waals surface area contributed by atoms with Crippen molar-refractivity contribution in [3.63, 3.8) is 0 Å². The molecule has 4 aromatic heterocycles. The molecule has 29 heteroatoms. The van der Waals surface area contributed by atoms with Crippen molar-refractivity contribution in [3.05, 3.63) is 387 Å². The molecule has 4 aliphatic carbocycles. The van der Waals surface area contributed by atoms with E-state index >= 15 is 8.78 Å². The molecule has 2 aliphatic heterocycles. The summed E-state index contributed by atoms with van der Waals surface area (Å²) >= 11 is 25.8. The average Bonchev–Trinajstić information content (AvgIpc) is 1.22. The van der Waals surface area contributed by atoms with Gasteiger partial charge in [0.1, 0.15) is 22.9 Å². The number of halogens is 8. The molecule has 3 radical (unpaired) electrons. The standard InChI is InChI=1S/C37H32ClFN2O.C29H21ClN2O.C18H20ClFN2O.C18H18ClFN2O.C10H18FO4P.C2H4O2.B.Na.H/c38-33-21-13-20-32(31(33)22-23-35(42)36(39)24-11-4-12-25-36)34-26-41(27-40-34)37(28-14-5-1-6-15-28,29-16-7-2-8-17-29)30-18-9-3-10-19-30;30-27-18-10-17-25(26(27)20-33)28-19-32(21-31-28)29(22-11-4-1-5-12-22,23-13-6-2-7-14-23)24-15-8-3-9-16-24;2*19-13-6-4-5-12-15-10-21-11-22(15)14(17(12)13)9-16(23)18(20)7-2-1-3-8-18;1-14-16(13,15-2)8-9(12)10(11)6-4-3-5-7-10;1-2(3)4;;;/h1-3,5-10,13-23,26-27H,4,11-12,24-25H2;1-21H;4-6,10-11,14,16,23H,1-3,7-9H2;4-6,10-11,14H,1-3,7-9H2;3-8H2,1-2H3;1H3,(H,3,4);;;/q;;;;;;;+1;-1/b23-22+;;;;;;;;. The molecule has 6 aliphatic rings. The van der Waals surface area contributed by atoms with E-state index in [2.05, 4.69) is 174 Å². The van der Waals surface area contributed by atoms with Gasteiger partial charge in [-0.05, 0) is 160 Å². The van der Waals surface area contributed by atoms with Gasteiger partial charge >= 0.3 is 37.2 Å². The van der Waals surface area contributed by atoms with Gasteiger partial charge in [0.15, 0.2) is 40.6 Å². The number of benzene rings is 10. The number of allylic oxidation sites excluding steroid dienone is 1. The van der Waals surface area contributed by atoms with Crippen molar-refractivity contribution in [3.8, 4) is 45.0 Å². The van der Waals surface area contributed by atoms with Crippen molar-refractivity contribution < 1.29 is 96.3 Å². The summed E-state index contributed by atoms with van der Waals surface area (Å²) in [5, 5.41) is 20.2. The van der Waals surface area contributed by atoms with Crippen LogP contribution in [0.2, 0.25) is 20.1 Å². The Morgan fingerprint density at radius 3 is 1.15 bits per heavy atom. The molecule has 10 aromatic carbocycles. The van der Waals surface area contributed by atoms with Gasteiger partial charge in [-0.2, -0.15) is 0 Å². The number of aldehydes is 1. The largest absolute Gasteiger partial charge is 1.00 e. The molecule has 0 bridgehead atoms. The third-order valence-electron chi connectivity index (χ3n) is 28.0. The fraction of sp³-hybridized carbons (Fsp3) is 0.307. The minimum absolute atomic E-state index is 0. The van der Waals surface area contributed by atoms with Gasteiger partial charge in [0.25, 0.3) is 5.97 Å². The fourth-order valence-corrected chi connectivity index (χ4v) is 22.8. The van der Waals surface area contributed by atoms with Gasteiger partial charge in [0.05, 0.1) is 83.7 Å². The number of carbonyl (C=O) groups is 5. The van der Waals surface area contributed by atoms with E-state index in [0.29, 0.717) is 93.1 Å². The van der Waals surface area contributed by atoms with Crippen LogP contribution in [0.3, 0.4) is 0 Å². The molecule has 6 heterocycles. The Balaban J connectivity index is 0.000000163. The summed E-state index contributed by atoms with van der Waals surface area (Å²) in [5.74, 6) is -2.27. The van der Waals surface area contributed by atoms with Crippen molar-refractivity contribution in [2.75, 3.05) is 20.4 Å². The zero-order valence-corrected chi connectivity index (χ0v) is 86.3. The van der Waals surface area contributed by atoms with Gasteiger partial charge in [-0.15, -0.1) is 0 Å². The molecule has 4 saturated carbocycles. The molecule has 4 fully saturated rings. The molecule has 3 unspecified atom stereocenters. The van der Waals surface area contributed by atoms with Gasteiger partial charge < -0.3 is 39.0 Å². The summed E-state index contributed by atoms with van der Waals surface area (Å²) in [4.78, 5) is 76.1. The SMILES string of the molecule is CC(=O)O.COP(=O)(CC(=O)C1(F)CCCCC1)OC.O=C(/C=C/c1c(Cl)cccc1-c1cn(C(c2ccccc2)(c2ccccc2)c2ccccc2)cn1)C1(F)CCCCC1.O=C(CC1c2c(Cl)cccc2-c2cncn21)C1(F)CCCCC1.O=Cc1c(Cl)cccc1-c1cn(C(c2ccccc2)(c2ccccc2)c2ccccc2)cn1.OC(CC1c2c(Cl)cccc2-c2cncn21)C1(F)CCCCC1.[B].[H-].[Na+]. The maximum absolute atomic E-state index is 15.4. The quantitative estimate of drug-likeness (QED) is 0.0135. The number of aliphatic hydroxyl groups excluding tert-OH is 1. The summed E-state index contributed by atoms with van der Waals surface area (Å²) < 4.78 is 88.8. The number of carbonyl (C=O) groups excluding carboxylic acids is 4. The number of nitrogens with zero attached hydrogens (tertiary/aromatic N) is 8. The van der Waals surface area contributed by atoms with Crippen LogP contribution < -0.4 is 29.6 Å². The number of Topliss-reactive ketones (excluding diaryl/α,β-unsaturated/α-hetero) is 2. The second kappa shape index (κ2) is 49.2. The number of carboxylic acid groups (broad SMARTS) is 1. The average molecular weight is 2040 g/mol. The number of aromatic nitrogens is 8. The Morgan fingerprint density at radius 1 is 0.455 bits per heavy atom. The van der Waals surface area contributed by atoms with Crippen molar-refractivity contribution in [1.82, 2.24) is 38.2 Å². The minimum atomic E-state index is -3.44. The monoisotopic (exact) mass is 2040 g/mol. The molecule has 18 nitrogen and oxygen atoms in total. The predicted octanol–water partition coefficient (Wildman–Crippen LogP) is 25.0. The number of alkyl halides is 4. The zero-order chi connectivity index (χ0) is 99.5. The number of ketones is 3. The van der Waals surface area contributed by atoms with E-state index in [1.54, 1.807) is 43.3 Å². The van der Waals surface area contributed by atoms with E-state index in [1.807, 2.05) is 131 Å². The first-order valence-corrected chi connectivity index (χ1v) is 51.1. The molecule has 143 heavy (non-hydrogen) atoms. The van der Waals surface area contributed by atoms with Crippen LogP contribution in [0.25, 0.3) is 51.1 Å². The van der Waals surface area contributed by atoms with Crippen molar-refractivity contribution in [1.29, 1.82) is 0 Å². The van der Waals surface area contributed by atoms with Gasteiger partial charge in [0, 0.05) is 114 Å². The first-order valence-electron chi connectivity index (χ1n) is 47.9. The molecular formula is C114H114BCl4F4N8NaO10P. The Morgan fingerprint density at radius 2 is 0.776 bits per heavy atom. The normalized spacial score (nSPS) is 16.8. The third kappa shape index (κ3) is 24.1. The summed E-state index contributed by atoms with van der Waals surface area (Å²) in [7, 11) is -1.04. The molecule has 20 rings (SSSR count). The second-order valence-corrected chi connectivity index (χ2v) is 40.5. The zero-order valence-electron chi connectivity index (χ0n) is 81.4. The molecule has 0 saturated heterocycles. The molecule has 14 aromatic rings. The minimum Gasteiger partial charge on any atom is -1.00 e. The maximum atomic E-state index is 15.4. The van der Waals surface area contributed by atoms with E-state index in [0.717, 1.165) is 150 Å². The van der Waals surface area contributed by atoms with Crippen molar-refractivity contribution in [2.24, 2.45) is 0 Å². The summed E-state index contributed by atoms with van der Waals surface area (Å²) in [6.45, 7) is 1.08. The van der Waals surface area contributed by atoms with Gasteiger partial charge in [-0.3, -0.25) is 28.5 Å². The number of hydrogen-bond donors (Lipinski definition) is 2. The molecule has 735 valence electrons. The van der Waals surface area contributed by atoms with Crippen molar-refractivity contribution in [2.45, 2.75) is 200 Å². The van der Waals surface area contributed by atoms with Crippen molar-refractivity contribution >= 4 is 98.1 Å².